The van der Waals surface area contributed by atoms with E-state index in [4.69, 9.17) is 17.0 Å². The number of ether oxygens (including phenoxy) is 1. The van der Waals surface area contributed by atoms with E-state index in [2.05, 4.69) is 15.4 Å². The van der Waals surface area contributed by atoms with Gasteiger partial charge in [-0.3, -0.25) is 10.1 Å². The number of anilines is 1. The van der Waals surface area contributed by atoms with Crippen molar-refractivity contribution in [2.45, 2.75) is 36.6 Å². The van der Waals surface area contributed by atoms with E-state index in [1.54, 1.807) is 24.3 Å². The first-order valence-electron chi connectivity index (χ1n) is 9.33. The van der Waals surface area contributed by atoms with Crippen LogP contribution in [0.25, 0.3) is 0 Å². The van der Waals surface area contributed by atoms with Crippen molar-refractivity contribution in [3.05, 3.63) is 54.6 Å². The molecule has 2 aromatic carbocycles. The number of rotatable bonds is 7. The minimum absolute atomic E-state index is 0.0127. The van der Waals surface area contributed by atoms with E-state index in [0.717, 1.165) is 25.7 Å². The summed E-state index contributed by atoms with van der Waals surface area (Å²) in [6.45, 7) is -0.171. The van der Waals surface area contributed by atoms with Crippen molar-refractivity contribution in [2.24, 2.45) is 0 Å². The van der Waals surface area contributed by atoms with Crippen LogP contribution in [0, 0.1) is 0 Å². The quantitative estimate of drug-likeness (QED) is 0.581. The fourth-order valence-electron chi connectivity index (χ4n) is 3.04. The number of nitrogens with one attached hydrogen (secondary N) is 3. The third-order valence-electron chi connectivity index (χ3n) is 4.47. The Morgan fingerprint density at radius 3 is 2.34 bits per heavy atom. The van der Waals surface area contributed by atoms with Gasteiger partial charge in [0.1, 0.15) is 5.75 Å². The molecular weight excluding hydrogens is 410 g/mol. The number of benzene rings is 2. The molecule has 1 fully saturated rings. The molecular formula is C20H23N3O4S2. The van der Waals surface area contributed by atoms with E-state index >= 15 is 0 Å². The van der Waals surface area contributed by atoms with Gasteiger partial charge in [-0.2, -0.15) is 0 Å². The topological polar surface area (TPSA) is 96.5 Å². The maximum atomic E-state index is 12.4. The summed E-state index contributed by atoms with van der Waals surface area (Å²) in [6, 6.07) is 15.2. The summed E-state index contributed by atoms with van der Waals surface area (Å²) in [5.74, 6) is 0.191. The largest absolute Gasteiger partial charge is 0.484 e. The lowest BCUT2D eigenvalue weighted by molar-refractivity contribution is -0.121. The summed E-state index contributed by atoms with van der Waals surface area (Å²) < 4.78 is 32.9. The van der Waals surface area contributed by atoms with Gasteiger partial charge in [-0.15, -0.1) is 0 Å². The van der Waals surface area contributed by atoms with E-state index in [0.29, 0.717) is 11.4 Å². The minimum atomic E-state index is -3.54. The second-order valence-corrected chi connectivity index (χ2v) is 8.85. The fraction of sp³-hybridized carbons (Fsp3) is 0.300. The first-order valence-corrected chi connectivity index (χ1v) is 11.2. The molecule has 1 aliphatic rings. The fourth-order valence-corrected chi connectivity index (χ4v) is 4.58. The Balaban J connectivity index is 1.48. The maximum absolute atomic E-state index is 12.4. The Bertz CT molecular complexity index is 941. The third-order valence-corrected chi connectivity index (χ3v) is 6.21. The van der Waals surface area contributed by atoms with Gasteiger partial charge < -0.3 is 10.1 Å². The Morgan fingerprint density at radius 1 is 1.03 bits per heavy atom. The van der Waals surface area contributed by atoms with Gasteiger partial charge in [0, 0.05) is 11.7 Å². The van der Waals surface area contributed by atoms with Crippen LogP contribution in [0.2, 0.25) is 0 Å². The molecule has 0 radical (unpaired) electrons. The molecule has 3 rings (SSSR count). The van der Waals surface area contributed by atoms with Gasteiger partial charge in [0.2, 0.25) is 10.0 Å². The molecule has 29 heavy (non-hydrogen) atoms. The van der Waals surface area contributed by atoms with Gasteiger partial charge in [-0.25, -0.2) is 13.1 Å². The molecule has 9 heteroatoms. The van der Waals surface area contributed by atoms with Crippen LogP contribution in [0.15, 0.2) is 59.5 Å². The Morgan fingerprint density at radius 2 is 1.69 bits per heavy atom. The van der Waals surface area contributed by atoms with Gasteiger partial charge in [0.05, 0.1) is 4.90 Å². The molecule has 1 amide bonds. The molecule has 3 N–H and O–H groups in total. The number of hydrogen-bond acceptors (Lipinski definition) is 5. The van der Waals surface area contributed by atoms with Crippen molar-refractivity contribution in [2.75, 3.05) is 11.9 Å². The molecule has 0 heterocycles. The van der Waals surface area contributed by atoms with Crippen molar-refractivity contribution in [3.63, 3.8) is 0 Å². The summed E-state index contributed by atoms with van der Waals surface area (Å²) in [5, 5.41) is 5.47. The van der Waals surface area contributed by atoms with Crippen molar-refractivity contribution in [3.8, 4) is 5.75 Å². The van der Waals surface area contributed by atoms with E-state index in [9.17, 15) is 13.2 Å². The molecule has 7 nitrogen and oxygen atoms in total. The number of carbonyl (C=O) groups is 1. The zero-order valence-corrected chi connectivity index (χ0v) is 17.4. The smallest absolute Gasteiger partial charge is 0.264 e. The van der Waals surface area contributed by atoms with Gasteiger partial charge in [0.15, 0.2) is 11.7 Å². The molecule has 0 bridgehead atoms. The summed E-state index contributed by atoms with van der Waals surface area (Å²) >= 11 is 5.12. The molecule has 0 atom stereocenters. The van der Waals surface area contributed by atoms with Gasteiger partial charge in [-0.1, -0.05) is 31.0 Å². The summed E-state index contributed by atoms with van der Waals surface area (Å²) in [4.78, 5) is 12.1. The van der Waals surface area contributed by atoms with Crippen LogP contribution >= 0.6 is 12.2 Å². The highest BCUT2D eigenvalue weighted by Crippen LogP contribution is 2.21. The van der Waals surface area contributed by atoms with Crippen LogP contribution in [0.4, 0.5) is 5.69 Å². The van der Waals surface area contributed by atoms with Crippen molar-refractivity contribution in [1.29, 1.82) is 0 Å². The van der Waals surface area contributed by atoms with Crippen LogP contribution in [0.5, 0.6) is 5.75 Å². The van der Waals surface area contributed by atoms with Crippen LogP contribution in [0.3, 0.4) is 0 Å². The van der Waals surface area contributed by atoms with Gasteiger partial charge in [-0.05, 0) is 61.5 Å². The highest BCUT2D eigenvalue weighted by Gasteiger charge is 2.22. The lowest BCUT2D eigenvalue weighted by Gasteiger charge is -2.13. The average Bonchev–Trinajstić information content (AvgIpc) is 3.20. The summed E-state index contributed by atoms with van der Waals surface area (Å²) in [7, 11) is -3.54. The third kappa shape index (κ3) is 6.52. The number of sulfonamides is 1. The average molecular weight is 434 g/mol. The predicted octanol–water partition coefficient (Wildman–Crippen LogP) is 2.80. The maximum Gasteiger partial charge on any atom is 0.264 e. The Labute approximate surface area is 175 Å². The SMILES string of the molecule is O=C(COc1ccccc1)NC(=S)Nc1ccc(S(=O)(=O)NC2CCCC2)cc1. The molecule has 1 saturated carbocycles. The molecule has 2 aromatic rings. The molecule has 0 saturated heterocycles. The first-order chi connectivity index (χ1) is 13.9. The normalized spacial score (nSPS) is 14.3. The van der Waals surface area contributed by atoms with Crippen molar-refractivity contribution in [1.82, 2.24) is 10.0 Å². The van der Waals surface area contributed by atoms with Crippen LogP contribution in [-0.2, 0) is 14.8 Å². The summed E-state index contributed by atoms with van der Waals surface area (Å²) in [5.41, 5.74) is 0.569. The molecule has 154 valence electrons. The van der Waals surface area contributed by atoms with E-state index in [1.807, 2.05) is 18.2 Å². The van der Waals surface area contributed by atoms with E-state index in [1.165, 1.54) is 12.1 Å². The second-order valence-electron chi connectivity index (χ2n) is 6.73. The van der Waals surface area contributed by atoms with E-state index in [-0.39, 0.29) is 22.7 Å². The number of hydrogen-bond donors (Lipinski definition) is 3. The molecule has 0 aromatic heterocycles. The van der Waals surface area contributed by atoms with Crippen LogP contribution in [0.1, 0.15) is 25.7 Å². The molecule has 0 unspecified atom stereocenters. The summed E-state index contributed by atoms with van der Waals surface area (Å²) in [6.07, 6.45) is 3.85. The predicted molar refractivity (Wildman–Crippen MR) is 115 cm³/mol. The number of amides is 1. The van der Waals surface area contributed by atoms with E-state index < -0.39 is 15.9 Å². The minimum Gasteiger partial charge on any atom is -0.484 e. The highest BCUT2D eigenvalue weighted by atomic mass is 32.2. The molecule has 1 aliphatic carbocycles. The van der Waals surface area contributed by atoms with Crippen LogP contribution < -0.4 is 20.1 Å². The monoisotopic (exact) mass is 433 g/mol. The lowest BCUT2D eigenvalue weighted by atomic mass is 10.3. The molecule has 0 spiro atoms. The van der Waals surface area contributed by atoms with Crippen molar-refractivity contribution >= 4 is 38.9 Å². The lowest BCUT2D eigenvalue weighted by Crippen LogP contribution is -2.37. The number of para-hydroxylation sites is 1. The Kier molecular flexibility index (Phi) is 7.18. The zero-order valence-electron chi connectivity index (χ0n) is 15.8. The second kappa shape index (κ2) is 9.82. The highest BCUT2D eigenvalue weighted by molar-refractivity contribution is 7.89. The molecule has 0 aliphatic heterocycles. The van der Waals surface area contributed by atoms with Crippen molar-refractivity contribution < 1.29 is 17.9 Å². The number of carbonyl (C=O) groups excluding carboxylic acids is 1. The van der Waals surface area contributed by atoms with Crippen LogP contribution in [-0.4, -0.2) is 32.1 Å². The standard InChI is InChI=1S/C20H23N3O4S2/c24-19(14-27-17-8-2-1-3-9-17)22-20(28)21-15-10-12-18(13-11-15)29(25,26)23-16-6-4-5-7-16/h1-3,8-13,16,23H,4-7,14H2,(H2,21,22,24,28). The zero-order chi connectivity index (χ0) is 20.7. The first kappa shape index (κ1) is 21.2. The number of thiocarbonyl (C=S) groups is 1. The van der Waals surface area contributed by atoms with Gasteiger partial charge in [0.25, 0.3) is 5.91 Å². The van der Waals surface area contributed by atoms with Gasteiger partial charge >= 0.3 is 0 Å². The Hall–Kier alpha value is -2.49.